The van der Waals surface area contributed by atoms with Gasteiger partial charge in [0.1, 0.15) is 0 Å². The molecule has 0 unspecified atom stereocenters. The standard InChI is InChI=1S/C16H28ClNO3SSi/c1-9(21-23(5,6)16(2,3)4)11-12(18-15(11)20)14-13(19)10(17)7-8-22-14/h9-12,14H,7-8H2,1-6H3,(H,18,20)/t9-,10+,11-,12+,14-/m1/s1. The fourth-order valence-electron chi connectivity index (χ4n) is 2.88. The number of carbonyl (C=O) groups is 2. The maximum absolute atomic E-state index is 12.3. The summed E-state index contributed by atoms with van der Waals surface area (Å²) in [6.45, 7) is 12.9. The molecule has 2 aliphatic heterocycles. The van der Waals surface area contributed by atoms with E-state index in [-0.39, 0.29) is 40.0 Å². The van der Waals surface area contributed by atoms with Crippen LogP contribution in [0.15, 0.2) is 0 Å². The number of amides is 1. The fraction of sp³-hybridized carbons (Fsp3) is 0.875. The second kappa shape index (κ2) is 6.69. The van der Waals surface area contributed by atoms with Crippen molar-refractivity contribution in [2.24, 2.45) is 5.92 Å². The van der Waals surface area contributed by atoms with Crippen LogP contribution in [0.25, 0.3) is 0 Å². The van der Waals surface area contributed by atoms with E-state index in [1.165, 1.54) is 0 Å². The molecule has 0 aromatic rings. The summed E-state index contributed by atoms with van der Waals surface area (Å²) >= 11 is 7.73. The zero-order valence-corrected chi connectivity index (χ0v) is 17.4. The lowest BCUT2D eigenvalue weighted by atomic mass is 9.82. The molecular weight excluding hydrogens is 350 g/mol. The Balaban J connectivity index is 2.08. The minimum atomic E-state index is -1.95. The predicted molar refractivity (Wildman–Crippen MR) is 98.7 cm³/mol. The Bertz CT molecular complexity index is 494. The lowest BCUT2D eigenvalue weighted by molar-refractivity contribution is -0.141. The normalized spacial score (nSPS) is 33.9. The molecule has 2 rings (SSSR count). The molecule has 4 nitrogen and oxygen atoms in total. The van der Waals surface area contributed by atoms with Crippen LogP contribution in [0.4, 0.5) is 0 Å². The first kappa shape index (κ1) is 19.3. The average molecular weight is 378 g/mol. The SMILES string of the molecule is C[C@@H](O[Si](C)(C)C(C)(C)C)[C@H]1C(=O)N[C@@H]1[C@H]1SCC[C@H](Cl)C1=O. The average Bonchev–Trinajstić information content (AvgIpc) is 2.37. The Labute approximate surface area is 149 Å². The smallest absolute Gasteiger partial charge is 0.228 e. The van der Waals surface area contributed by atoms with Crippen molar-refractivity contribution in [3.05, 3.63) is 0 Å². The van der Waals surface area contributed by atoms with E-state index in [2.05, 4.69) is 39.2 Å². The van der Waals surface area contributed by atoms with Gasteiger partial charge < -0.3 is 9.74 Å². The highest BCUT2D eigenvalue weighted by molar-refractivity contribution is 8.00. The summed E-state index contributed by atoms with van der Waals surface area (Å²) in [7, 11) is -1.95. The van der Waals surface area contributed by atoms with E-state index in [9.17, 15) is 9.59 Å². The molecule has 0 aromatic carbocycles. The zero-order chi connectivity index (χ0) is 17.6. The highest BCUT2D eigenvalue weighted by Gasteiger charge is 2.52. The van der Waals surface area contributed by atoms with Gasteiger partial charge >= 0.3 is 0 Å². The van der Waals surface area contributed by atoms with Gasteiger partial charge in [-0.1, -0.05) is 20.8 Å². The largest absolute Gasteiger partial charge is 0.413 e. The van der Waals surface area contributed by atoms with Crippen LogP contribution < -0.4 is 5.32 Å². The monoisotopic (exact) mass is 377 g/mol. The number of thioether (sulfide) groups is 1. The molecule has 0 aliphatic carbocycles. The van der Waals surface area contributed by atoms with E-state index < -0.39 is 13.7 Å². The minimum Gasteiger partial charge on any atom is -0.413 e. The number of alkyl halides is 1. The molecule has 5 atom stereocenters. The third-order valence-corrected chi connectivity index (χ3v) is 11.7. The summed E-state index contributed by atoms with van der Waals surface area (Å²) in [5.41, 5.74) is 0. The Kier molecular flexibility index (Phi) is 5.61. The summed E-state index contributed by atoms with van der Waals surface area (Å²) in [5, 5.41) is 2.35. The third-order valence-electron chi connectivity index (χ3n) is 5.38. The van der Waals surface area contributed by atoms with Gasteiger partial charge in [0.25, 0.3) is 0 Å². The first-order chi connectivity index (χ1) is 10.5. The van der Waals surface area contributed by atoms with E-state index in [1.54, 1.807) is 11.8 Å². The van der Waals surface area contributed by atoms with Crippen LogP contribution in [-0.4, -0.2) is 48.5 Å². The summed E-state index contributed by atoms with van der Waals surface area (Å²) < 4.78 is 6.38. The van der Waals surface area contributed by atoms with Crippen LogP contribution >= 0.6 is 23.4 Å². The van der Waals surface area contributed by atoms with E-state index in [4.69, 9.17) is 16.0 Å². The van der Waals surface area contributed by atoms with Crippen LogP contribution in [0, 0.1) is 5.92 Å². The molecule has 0 spiro atoms. The van der Waals surface area contributed by atoms with E-state index in [0.29, 0.717) is 6.42 Å². The van der Waals surface area contributed by atoms with Gasteiger partial charge in [0.15, 0.2) is 14.1 Å². The van der Waals surface area contributed by atoms with Gasteiger partial charge in [-0.2, -0.15) is 0 Å². The Hall–Kier alpha value is -0.0431. The minimum absolute atomic E-state index is 0.00805. The number of β-lactam (4-membered cyclic amide) rings is 1. The molecular formula is C16H28ClNO3SSi. The van der Waals surface area contributed by atoms with Gasteiger partial charge in [0.05, 0.1) is 28.7 Å². The summed E-state index contributed by atoms with van der Waals surface area (Å²) in [4.78, 5) is 24.5. The number of rotatable bonds is 4. The summed E-state index contributed by atoms with van der Waals surface area (Å²) in [6, 6.07) is -0.152. The van der Waals surface area contributed by atoms with Crippen LogP contribution in [0.3, 0.4) is 0 Å². The van der Waals surface area contributed by atoms with Crippen LogP contribution in [0.5, 0.6) is 0 Å². The molecule has 2 heterocycles. The van der Waals surface area contributed by atoms with Crippen molar-refractivity contribution >= 4 is 43.4 Å². The van der Waals surface area contributed by atoms with Gasteiger partial charge in [-0.3, -0.25) is 9.59 Å². The summed E-state index contributed by atoms with van der Waals surface area (Å²) in [6.07, 6.45) is 0.530. The molecule has 0 bridgehead atoms. The molecule has 7 heteroatoms. The molecule has 2 fully saturated rings. The Morgan fingerprint density at radius 1 is 1.35 bits per heavy atom. The lowest BCUT2D eigenvalue weighted by Crippen LogP contribution is -2.69. The fourth-order valence-corrected chi connectivity index (χ4v) is 6.16. The van der Waals surface area contributed by atoms with Crippen molar-refractivity contribution in [2.75, 3.05) is 5.75 Å². The van der Waals surface area contributed by atoms with E-state index in [1.807, 2.05) is 6.92 Å². The van der Waals surface area contributed by atoms with Gasteiger partial charge in [-0.25, -0.2) is 0 Å². The molecule has 2 aliphatic rings. The molecule has 2 saturated heterocycles. The first-order valence-electron chi connectivity index (χ1n) is 8.23. The number of nitrogens with one attached hydrogen (secondary N) is 1. The molecule has 1 N–H and O–H groups in total. The van der Waals surface area contributed by atoms with Crippen molar-refractivity contribution in [1.82, 2.24) is 5.32 Å². The van der Waals surface area contributed by atoms with Gasteiger partial charge in [-0.05, 0) is 37.2 Å². The number of hydrogen-bond acceptors (Lipinski definition) is 4. The van der Waals surface area contributed by atoms with Gasteiger partial charge in [-0.15, -0.1) is 23.4 Å². The number of Topliss-reactive ketones (excluding diaryl/α,β-unsaturated/α-hetero) is 1. The van der Waals surface area contributed by atoms with Gasteiger partial charge in [0.2, 0.25) is 5.91 Å². The van der Waals surface area contributed by atoms with Gasteiger partial charge in [0, 0.05) is 0 Å². The maximum Gasteiger partial charge on any atom is 0.228 e. The van der Waals surface area contributed by atoms with Crippen molar-refractivity contribution in [1.29, 1.82) is 0 Å². The molecule has 23 heavy (non-hydrogen) atoms. The zero-order valence-electron chi connectivity index (χ0n) is 14.8. The number of halogens is 1. The Morgan fingerprint density at radius 3 is 2.48 bits per heavy atom. The summed E-state index contributed by atoms with van der Waals surface area (Å²) in [5.74, 6) is 0.650. The quantitative estimate of drug-likeness (QED) is 0.464. The Morgan fingerprint density at radius 2 is 1.96 bits per heavy atom. The lowest BCUT2D eigenvalue weighted by Gasteiger charge is -2.48. The topological polar surface area (TPSA) is 55.4 Å². The molecule has 0 radical (unpaired) electrons. The molecule has 1 amide bonds. The second-order valence-corrected chi connectivity index (χ2v) is 14.6. The predicted octanol–water partition coefficient (Wildman–Crippen LogP) is 3.19. The maximum atomic E-state index is 12.3. The highest BCUT2D eigenvalue weighted by Crippen LogP contribution is 2.40. The third kappa shape index (κ3) is 3.80. The van der Waals surface area contributed by atoms with Crippen molar-refractivity contribution < 1.29 is 14.0 Å². The molecule has 132 valence electrons. The molecule has 0 saturated carbocycles. The molecule has 0 aromatic heterocycles. The van der Waals surface area contributed by atoms with Crippen molar-refractivity contribution in [3.63, 3.8) is 0 Å². The van der Waals surface area contributed by atoms with Crippen molar-refractivity contribution in [3.8, 4) is 0 Å². The van der Waals surface area contributed by atoms with Crippen LogP contribution in [-0.2, 0) is 14.0 Å². The van der Waals surface area contributed by atoms with Crippen LogP contribution in [0.2, 0.25) is 18.1 Å². The number of hydrogen-bond donors (Lipinski definition) is 1. The van der Waals surface area contributed by atoms with Crippen molar-refractivity contribution in [2.45, 2.75) is 75.0 Å². The van der Waals surface area contributed by atoms with Crippen LogP contribution in [0.1, 0.15) is 34.1 Å². The second-order valence-electron chi connectivity index (χ2n) is 8.09. The first-order valence-corrected chi connectivity index (χ1v) is 12.6. The van der Waals surface area contributed by atoms with E-state index in [0.717, 1.165) is 5.75 Å². The number of carbonyl (C=O) groups excluding carboxylic acids is 2. The highest BCUT2D eigenvalue weighted by atomic mass is 35.5. The van der Waals surface area contributed by atoms with E-state index >= 15 is 0 Å². The number of ketones is 1.